The molecule has 0 unspecified atom stereocenters. The summed E-state index contributed by atoms with van der Waals surface area (Å²) in [4.78, 5) is 11.5. The van der Waals surface area contributed by atoms with Gasteiger partial charge in [-0.05, 0) is 6.42 Å². The molecule has 1 saturated heterocycles. The number of ether oxygens (including phenoxy) is 3. The van der Waals surface area contributed by atoms with E-state index in [1.54, 1.807) is 0 Å². The van der Waals surface area contributed by atoms with Crippen LogP contribution < -0.4 is 0 Å². The first kappa shape index (κ1) is 17.3. The largest absolute Gasteiger partial charge is 0.463 e. The Bertz CT molecular complexity index is 294. The summed E-state index contributed by atoms with van der Waals surface area (Å²) in [5.74, 6) is -0.371. The van der Waals surface area contributed by atoms with Crippen molar-refractivity contribution in [1.82, 2.24) is 0 Å². The molecule has 1 rings (SSSR count). The zero-order valence-electron chi connectivity index (χ0n) is 11.9. The Balaban J connectivity index is 2.40. The van der Waals surface area contributed by atoms with E-state index in [0.29, 0.717) is 6.42 Å². The Morgan fingerprint density at radius 1 is 1.15 bits per heavy atom. The Labute approximate surface area is 118 Å². The highest BCUT2D eigenvalue weighted by Crippen LogP contribution is 2.22. The predicted molar refractivity (Wildman–Crippen MR) is 68.8 cm³/mol. The smallest absolute Gasteiger partial charge is 0.305 e. The molecule has 7 nitrogen and oxygen atoms in total. The molecule has 0 saturated carbocycles. The van der Waals surface area contributed by atoms with Crippen LogP contribution in [0, 0.1) is 0 Å². The molecule has 7 heteroatoms. The van der Waals surface area contributed by atoms with Gasteiger partial charge in [-0.1, -0.05) is 19.8 Å². The van der Waals surface area contributed by atoms with Gasteiger partial charge in [-0.2, -0.15) is 0 Å². The number of carbonyl (C=O) groups is 1. The van der Waals surface area contributed by atoms with Crippen molar-refractivity contribution in [3.05, 3.63) is 0 Å². The third-order valence-electron chi connectivity index (χ3n) is 3.29. The van der Waals surface area contributed by atoms with Crippen molar-refractivity contribution in [3.8, 4) is 0 Å². The molecule has 3 N–H and O–H groups in total. The van der Waals surface area contributed by atoms with E-state index in [2.05, 4.69) is 0 Å². The van der Waals surface area contributed by atoms with Crippen LogP contribution in [0.1, 0.15) is 32.6 Å². The molecule has 0 aromatic rings. The Hall–Kier alpha value is -0.730. The van der Waals surface area contributed by atoms with Crippen LogP contribution in [0.4, 0.5) is 0 Å². The minimum atomic E-state index is -1.41. The van der Waals surface area contributed by atoms with Gasteiger partial charge in [0.15, 0.2) is 6.29 Å². The van der Waals surface area contributed by atoms with Crippen LogP contribution in [0.15, 0.2) is 0 Å². The van der Waals surface area contributed by atoms with Crippen molar-refractivity contribution >= 4 is 5.97 Å². The predicted octanol–water partition coefficient (Wildman–Crippen LogP) is -0.436. The second-order valence-electron chi connectivity index (χ2n) is 4.89. The average molecular weight is 292 g/mol. The standard InChI is InChI=1S/C13H24O7/c1-3-4-5-6-9(14)19-7-8-10(15)11(16)12(17)13(18-2)20-8/h8,10-13,15-17H,3-7H2,1-2H3/t8-,10+,11+,12-,13+/m1/s1. The van der Waals surface area contributed by atoms with Crippen molar-refractivity contribution in [3.63, 3.8) is 0 Å². The molecular formula is C13H24O7. The molecule has 0 bridgehead atoms. The lowest BCUT2D eigenvalue weighted by atomic mass is 9.99. The summed E-state index contributed by atoms with van der Waals surface area (Å²) in [6, 6.07) is 0. The van der Waals surface area contributed by atoms with Crippen molar-refractivity contribution in [2.75, 3.05) is 13.7 Å². The highest BCUT2D eigenvalue weighted by atomic mass is 16.7. The first-order chi connectivity index (χ1) is 9.51. The van der Waals surface area contributed by atoms with E-state index in [9.17, 15) is 20.1 Å². The number of hydrogen-bond donors (Lipinski definition) is 3. The maximum Gasteiger partial charge on any atom is 0.305 e. The molecule has 0 aliphatic carbocycles. The van der Waals surface area contributed by atoms with Gasteiger partial charge in [0.2, 0.25) is 0 Å². The normalized spacial score (nSPS) is 34.0. The van der Waals surface area contributed by atoms with Crippen molar-refractivity contribution < 1.29 is 34.3 Å². The zero-order chi connectivity index (χ0) is 15.1. The van der Waals surface area contributed by atoms with E-state index in [0.717, 1.165) is 19.3 Å². The van der Waals surface area contributed by atoms with Gasteiger partial charge in [-0.15, -0.1) is 0 Å². The van der Waals surface area contributed by atoms with E-state index >= 15 is 0 Å². The highest BCUT2D eigenvalue weighted by molar-refractivity contribution is 5.69. The van der Waals surface area contributed by atoms with Gasteiger partial charge < -0.3 is 29.5 Å². The fourth-order valence-electron chi connectivity index (χ4n) is 2.02. The fraction of sp³-hybridized carbons (Fsp3) is 0.923. The van der Waals surface area contributed by atoms with E-state index in [-0.39, 0.29) is 12.6 Å². The second-order valence-corrected chi connectivity index (χ2v) is 4.89. The number of carbonyl (C=O) groups excluding carboxylic acids is 1. The summed E-state index contributed by atoms with van der Waals surface area (Å²) in [5.41, 5.74) is 0. The summed E-state index contributed by atoms with van der Waals surface area (Å²) in [6.07, 6.45) is -3.03. The molecule has 0 aromatic heterocycles. The van der Waals surface area contributed by atoms with E-state index in [1.807, 2.05) is 6.92 Å². The van der Waals surface area contributed by atoms with Crippen LogP contribution in [0.25, 0.3) is 0 Å². The Morgan fingerprint density at radius 2 is 1.85 bits per heavy atom. The van der Waals surface area contributed by atoms with Crippen LogP contribution in [0.5, 0.6) is 0 Å². The number of esters is 1. The monoisotopic (exact) mass is 292 g/mol. The number of unbranched alkanes of at least 4 members (excludes halogenated alkanes) is 2. The second kappa shape index (κ2) is 8.53. The van der Waals surface area contributed by atoms with Crippen LogP contribution in [-0.2, 0) is 19.0 Å². The molecule has 0 spiro atoms. The van der Waals surface area contributed by atoms with Gasteiger partial charge in [-0.25, -0.2) is 0 Å². The van der Waals surface area contributed by atoms with E-state index in [4.69, 9.17) is 14.2 Å². The van der Waals surface area contributed by atoms with Crippen LogP contribution in [-0.4, -0.2) is 65.7 Å². The van der Waals surface area contributed by atoms with Crippen molar-refractivity contribution in [1.29, 1.82) is 0 Å². The Morgan fingerprint density at radius 3 is 2.45 bits per heavy atom. The van der Waals surface area contributed by atoms with Crippen molar-refractivity contribution in [2.45, 2.75) is 63.3 Å². The average Bonchev–Trinajstić information content (AvgIpc) is 2.44. The van der Waals surface area contributed by atoms with Gasteiger partial charge in [0.05, 0.1) is 0 Å². The number of aliphatic hydroxyl groups is 3. The molecule has 0 amide bonds. The maximum absolute atomic E-state index is 11.5. The van der Waals surface area contributed by atoms with E-state index < -0.39 is 30.7 Å². The molecule has 20 heavy (non-hydrogen) atoms. The molecule has 0 radical (unpaired) electrons. The first-order valence-corrected chi connectivity index (χ1v) is 6.89. The summed E-state index contributed by atoms with van der Waals surface area (Å²) < 4.78 is 15.1. The molecule has 1 fully saturated rings. The number of rotatable bonds is 7. The zero-order valence-corrected chi connectivity index (χ0v) is 11.9. The van der Waals surface area contributed by atoms with Gasteiger partial charge in [0.25, 0.3) is 0 Å². The molecule has 118 valence electrons. The molecular weight excluding hydrogens is 268 g/mol. The molecule has 1 heterocycles. The van der Waals surface area contributed by atoms with Crippen LogP contribution >= 0.6 is 0 Å². The van der Waals surface area contributed by atoms with E-state index in [1.165, 1.54) is 7.11 Å². The third kappa shape index (κ3) is 4.68. The topological polar surface area (TPSA) is 105 Å². The lowest BCUT2D eigenvalue weighted by Gasteiger charge is -2.39. The van der Waals surface area contributed by atoms with Gasteiger partial charge >= 0.3 is 5.97 Å². The lowest BCUT2D eigenvalue weighted by Crippen LogP contribution is -2.59. The lowest BCUT2D eigenvalue weighted by molar-refractivity contribution is -0.295. The first-order valence-electron chi connectivity index (χ1n) is 6.89. The third-order valence-corrected chi connectivity index (χ3v) is 3.29. The van der Waals surface area contributed by atoms with Crippen LogP contribution in [0.2, 0.25) is 0 Å². The quantitative estimate of drug-likeness (QED) is 0.431. The summed E-state index contributed by atoms with van der Waals surface area (Å²) in [5, 5.41) is 29.0. The van der Waals surface area contributed by atoms with Crippen molar-refractivity contribution in [2.24, 2.45) is 0 Å². The Kier molecular flexibility index (Phi) is 7.39. The summed E-state index contributed by atoms with van der Waals surface area (Å²) in [7, 11) is 1.31. The van der Waals surface area contributed by atoms with Crippen LogP contribution in [0.3, 0.4) is 0 Å². The SMILES string of the molecule is CCCCCC(=O)OC[C@H]1O[C@H](OC)[C@H](O)[C@@H](O)[C@H]1O. The molecule has 0 aromatic carbocycles. The number of methoxy groups -OCH3 is 1. The molecule has 1 aliphatic rings. The maximum atomic E-state index is 11.5. The summed E-state index contributed by atoms with van der Waals surface area (Å²) in [6.45, 7) is 1.85. The van der Waals surface area contributed by atoms with Gasteiger partial charge in [0.1, 0.15) is 31.0 Å². The minimum Gasteiger partial charge on any atom is -0.463 e. The molecule has 5 atom stereocenters. The number of aliphatic hydroxyl groups excluding tert-OH is 3. The van der Waals surface area contributed by atoms with Gasteiger partial charge in [0, 0.05) is 13.5 Å². The minimum absolute atomic E-state index is 0.185. The summed E-state index contributed by atoms with van der Waals surface area (Å²) >= 11 is 0. The molecule has 1 aliphatic heterocycles. The fourth-order valence-corrected chi connectivity index (χ4v) is 2.02. The highest BCUT2D eigenvalue weighted by Gasteiger charge is 2.44. The number of hydrogen-bond acceptors (Lipinski definition) is 7. The van der Waals surface area contributed by atoms with Gasteiger partial charge in [-0.3, -0.25) is 4.79 Å².